The van der Waals surface area contributed by atoms with E-state index in [0.29, 0.717) is 5.69 Å². The maximum Gasteiger partial charge on any atom is 0.261 e. The number of nitrogens with one attached hydrogen (secondary N) is 1. The number of aryl methyl sites for hydroxylation is 1. The molecule has 102 valence electrons. The summed E-state index contributed by atoms with van der Waals surface area (Å²) in [5, 5.41) is 8.58. The Bertz CT molecular complexity index is 747. The van der Waals surface area contributed by atoms with E-state index in [2.05, 4.69) is 9.71 Å². The maximum absolute atomic E-state index is 12.2. The number of sulfonamides is 1. The van der Waals surface area contributed by atoms with E-state index in [1.807, 2.05) is 13.0 Å². The van der Waals surface area contributed by atoms with Gasteiger partial charge in [-0.05, 0) is 36.2 Å². The highest BCUT2D eigenvalue weighted by Crippen LogP contribution is 2.16. The zero-order valence-corrected chi connectivity index (χ0v) is 11.7. The van der Waals surface area contributed by atoms with Crippen LogP contribution < -0.4 is 4.72 Å². The standard InChI is InChI=1S/C14H13N3O2S/c1-11-8-13(10-16-9-11)17-20(18,19)14-4-2-12(3-5-14)6-7-15/h2-5,8-10,17H,6H2,1H3. The fraction of sp³-hybridized carbons (Fsp3) is 0.143. The Balaban J connectivity index is 2.24. The van der Waals surface area contributed by atoms with Crippen molar-refractivity contribution >= 4 is 15.7 Å². The van der Waals surface area contributed by atoms with Gasteiger partial charge in [0.15, 0.2) is 0 Å². The minimum atomic E-state index is -3.63. The summed E-state index contributed by atoms with van der Waals surface area (Å²) in [7, 11) is -3.63. The third-order valence-corrected chi connectivity index (χ3v) is 4.04. The molecule has 2 rings (SSSR count). The van der Waals surface area contributed by atoms with Gasteiger partial charge in [0.1, 0.15) is 0 Å². The summed E-state index contributed by atoms with van der Waals surface area (Å²) in [6.07, 6.45) is 3.36. The molecule has 0 aliphatic carbocycles. The van der Waals surface area contributed by atoms with Crippen LogP contribution in [0.3, 0.4) is 0 Å². The summed E-state index contributed by atoms with van der Waals surface area (Å²) in [6, 6.07) is 9.95. The molecule has 0 saturated carbocycles. The molecular formula is C14H13N3O2S. The lowest BCUT2D eigenvalue weighted by Crippen LogP contribution is -2.13. The smallest absolute Gasteiger partial charge is 0.261 e. The lowest BCUT2D eigenvalue weighted by atomic mass is 10.2. The second-order valence-corrected chi connectivity index (χ2v) is 6.02. The molecule has 0 bridgehead atoms. The molecule has 6 heteroatoms. The fourth-order valence-electron chi connectivity index (χ4n) is 1.70. The summed E-state index contributed by atoms with van der Waals surface area (Å²) >= 11 is 0. The zero-order valence-electron chi connectivity index (χ0n) is 10.9. The molecular weight excluding hydrogens is 274 g/mol. The monoisotopic (exact) mass is 287 g/mol. The van der Waals surface area contributed by atoms with Crippen molar-refractivity contribution in [1.82, 2.24) is 4.98 Å². The first kappa shape index (κ1) is 14.0. The van der Waals surface area contributed by atoms with Crippen molar-refractivity contribution < 1.29 is 8.42 Å². The van der Waals surface area contributed by atoms with E-state index >= 15 is 0 Å². The number of pyridine rings is 1. The van der Waals surface area contributed by atoms with E-state index < -0.39 is 10.0 Å². The molecule has 0 radical (unpaired) electrons. The van der Waals surface area contributed by atoms with E-state index in [1.165, 1.54) is 18.3 Å². The predicted molar refractivity (Wildman–Crippen MR) is 75.5 cm³/mol. The van der Waals surface area contributed by atoms with Gasteiger partial charge in [-0.25, -0.2) is 8.42 Å². The van der Waals surface area contributed by atoms with Gasteiger partial charge in [0, 0.05) is 6.20 Å². The minimum Gasteiger partial charge on any atom is -0.278 e. The first-order valence-electron chi connectivity index (χ1n) is 5.91. The Hall–Kier alpha value is -2.39. The van der Waals surface area contributed by atoms with Crippen LogP contribution in [-0.4, -0.2) is 13.4 Å². The SMILES string of the molecule is Cc1cncc(NS(=O)(=O)c2ccc(CC#N)cc2)c1. The van der Waals surface area contributed by atoms with Gasteiger partial charge < -0.3 is 0 Å². The second-order valence-electron chi connectivity index (χ2n) is 4.34. The minimum absolute atomic E-state index is 0.153. The summed E-state index contributed by atoms with van der Waals surface area (Å²) in [5.41, 5.74) is 2.07. The molecule has 20 heavy (non-hydrogen) atoms. The topological polar surface area (TPSA) is 82.8 Å². The number of benzene rings is 1. The van der Waals surface area contributed by atoms with Crippen molar-refractivity contribution in [1.29, 1.82) is 5.26 Å². The Labute approximate surface area is 118 Å². The summed E-state index contributed by atoms with van der Waals surface area (Å²) in [6.45, 7) is 1.83. The largest absolute Gasteiger partial charge is 0.278 e. The Morgan fingerprint density at radius 3 is 2.55 bits per heavy atom. The third kappa shape index (κ3) is 3.33. The molecule has 1 aromatic heterocycles. The highest BCUT2D eigenvalue weighted by atomic mass is 32.2. The number of nitriles is 1. The lowest BCUT2D eigenvalue weighted by molar-refractivity contribution is 0.601. The lowest BCUT2D eigenvalue weighted by Gasteiger charge is -2.08. The van der Waals surface area contributed by atoms with Crippen molar-refractivity contribution in [2.24, 2.45) is 0 Å². The number of nitrogens with zero attached hydrogens (tertiary/aromatic N) is 2. The first-order valence-corrected chi connectivity index (χ1v) is 7.40. The number of aromatic nitrogens is 1. The van der Waals surface area contributed by atoms with Gasteiger partial charge in [-0.1, -0.05) is 12.1 Å². The van der Waals surface area contributed by atoms with Gasteiger partial charge in [0.2, 0.25) is 0 Å². The van der Waals surface area contributed by atoms with Crippen LogP contribution in [0.15, 0.2) is 47.6 Å². The first-order chi connectivity index (χ1) is 9.51. The van der Waals surface area contributed by atoms with E-state index in [0.717, 1.165) is 11.1 Å². The van der Waals surface area contributed by atoms with Crippen molar-refractivity contribution in [2.45, 2.75) is 18.2 Å². The Kier molecular flexibility index (Phi) is 4.01. The predicted octanol–water partition coefficient (Wildman–Crippen LogP) is 2.26. The summed E-state index contributed by atoms with van der Waals surface area (Å²) < 4.78 is 26.8. The highest BCUT2D eigenvalue weighted by molar-refractivity contribution is 7.92. The van der Waals surface area contributed by atoms with Crippen molar-refractivity contribution in [3.8, 4) is 6.07 Å². The number of hydrogen-bond donors (Lipinski definition) is 1. The number of hydrogen-bond acceptors (Lipinski definition) is 4. The van der Waals surface area contributed by atoms with Gasteiger partial charge in [-0.3, -0.25) is 9.71 Å². The molecule has 0 saturated heterocycles. The van der Waals surface area contributed by atoms with Gasteiger partial charge >= 0.3 is 0 Å². The number of anilines is 1. The molecule has 0 atom stereocenters. The summed E-state index contributed by atoms with van der Waals surface area (Å²) in [4.78, 5) is 4.09. The Morgan fingerprint density at radius 2 is 1.95 bits per heavy atom. The van der Waals surface area contributed by atoms with Crippen LogP contribution in [-0.2, 0) is 16.4 Å². The molecule has 0 aliphatic heterocycles. The van der Waals surface area contributed by atoms with E-state index in [9.17, 15) is 8.42 Å². The molecule has 0 spiro atoms. The van der Waals surface area contributed by atoms with Gasteiger partial charge in [0.05, 0.1) is 29.3 Å². The molecule has 0 amide bonds. The second kappa shape index (κ2) is 5.72. The van der Waals surface area contributed by atoms with E-state index in [1.54, 1.807) is 24.4 Å². The van der Waals surface area contributed by atoms with E-state index in [4.69, 9.17) is 5.26 Å². The molecule has 5 nitrogen and oxygen atoms in total. The molecule has 1 heterocycles. The Morgan fingerprint density at radius 1 is 1.25 bits per heavy atom. The van der Waals surface area contributed by atoms with Crippen molar-refractivity contribution in [2.75, 3.05) is 4.72 Å². The molecule has 2 aromatic rings. The fourth-order valence-corrected chi connectivity index (χ4v) is 2.74. The van der Waals surface area contributed by atoms with Crippen LogP contribution in [0, 0.1) is 18.3 Å². The van der Waals surface area contributed by atoms with Crippen molar-refractivity contribution in [3.63, 3.8) is 0 Å². The summed E-state index contributed by atoms with van der Waals surface area (Å²) in [5.74, 6) is 0. The maximum atomic E-state index is 12.2. The number of rotatable bonds is 4. The molecule has 0 unspecified atom stereocenters. The molecule has 0 aliphatic rings. The van der Waals surface area contributed by atoms with Crippen LogP contribution >= 0.6 is 0 Å². The molecule has 1 N–H and O–H groups in total. The van der Waals surface area contributed by atoms with Crippen LogP contribution in [0.1, 0.15) is 11.1 Å². The van der Waals surface area contributed by atoms with Crippen LogP contribution in [0.25, 0.3) is 0 Å². The van der Waals surface area contributed by atoms with Crippen LogP contribution in [0.2, 0.25) is 0 Å². The van der Waals surface area contributed by atoms with Gasteiger partial charge in [-0.2, -0.15) is 5.26 Å². The molecule has 0 fully saturated rings. The highest BCUT2D eigenvalue weighted by Gasteiger charge is 2.14. The zero-order chi connectivity index (χ0) is 14.6. The average molecular weight is 287 g/mol. The third-order valence-electron chi connectivity index (χ3n) is 2.64. The normalized spacial score (nSPS) is 10.8. The van der Waals surface area contributed by atoms with Crippen LogP contribution in [0.4, 0.5) is 5.69 Å². The quantitative estimate of drug-likeness (QED) is 0.935. The molecule has 1 aromatic carbocycles. The van der Waals surface area contributed by atoms with Crippen LogP contribution in [0.5, 0.6) is 0 Å². The average Bonchev–Trinajstić information content (AvgIpc) is 2.39. The van der Waals surface area contributed by atoms with Crippen molar-refractivity contribution in [3.05, 3.63) is 53.9 Å². The van der Waals surface area contributed by atoms with E-state index in [-0.39, 0.29) is 11.3 Å². The van der Waals surface area contributed by atoms with Gasteiger partial charge in [0.25, 0.3) is 10.0 Å². The van der Waals surface area contributed by atoms with Gasteiger partial charge in [-0.15, -0.1) is 0 Å².